The van der Waals surface area contributed by atoms with Crippen LogP contribution in [0.5, 0.6) is 0 Å². The van der Waals surface area contributed by atoms with Crippen LogP contribution < -0.4 is 10.6 Å². The number of hydrogen-bond acceptors (Lipinski definition) is 3. The normalized spacial score (nSPS) is 12.5. The fourth-order valence-corrected chi connectivity index (χ4v) is 1.37. The number of carbonyl (C=O) groups excluding carboxylic acids is 1. The molecule has 1 unspecified atom stereocenters. The van der Waals surface area contributed by atoms with Crippen molar-refractivity contribution in [2.24, 2.45) is 7.05 Å². The molecule has 1 rings (SSSR count). The number of amides is 1. The first-order valence-electron chi connectivity index (χ1n) is 5.14. The minimum absolute atomic E-state index is 0.0119. The zero-order chi connectivity index (χ0) is 11.3. The van der Waals surface area contributed by atoms with Crippen molar-refractivity contribution >= 4 is 11.7 Å². The van der Waals surface area contributed by atoms with Gasteiger partial charge in [-0.25, -0.2) is 0 Å². The molecule has 1 heterocycles. The fourth-order valence-electron chi connectivity index (χ4n) is 1.37. The van der Waals surface area contributed by atoms with Gasteiger partial charge in [-0.05, 0) is 13.5 Å². The molecule has 1 atom stereocenters. The quantitative estimate of drug-likeness (QED) is 0.754. The standard InChI is InChI=1S/C10H18N4O/c1-4-11-8(2)7-10(15)12-9-5-6-14(3)13-9/h5-6,8,11H,4,7H2,1-3H3,(H,12,13,15). The van der Waals surface area contributed by atoms with Crippen LogP contribution in [0.3, 0.4) is 0 Å². The topological polar surface area (TPSA) is 59.0 Å². The molecule has 0 bridgehead atoms. The molecule has 0 aliphatic carbocycles. The van der Waals surface area contributed by atoms with Crippen molar-refractivity contribution in [3.63, 3.8) is 0 Å². The maximum atomic E-state index is 11.5. The smallest absolute Gasteiger partial charge is 0.227 e. The van der Waals surface area contributed by atoms with Crippen molar-refractivity contribution in [3.8, 4) is 0 Å². The molecule has 15 heavy (non-hydrogen) atoms. The van der Waals surface area contributed by atoms with E-state index in [1.54, 1.807) is 16.9 Å². The Bertz CT molecular complexity index is 321. The van der Waals surface area contributed by atoms with E-state index in [1.807, 2.05) is 20.9 Å². The van der Waals surface area contributed by atoms with Gasteiger partial charge in [-0.3, -0.25) is 9.48 Å². The summed E-state index contributed by atoms with van der Waals surface area (Å²) >= 11 is 0. The highest BCUT2D eigenvalue weighted by Crippen LogP contribution is 2.02. The van der Waals surface area contributed by atoms with Gasteiger partial charge in [-0.1, -0.05) is 6.92 Å². The summed E-state index contributed by atoms with van der Waals surface area (Å²) in [5, 5.41) is 9.99. The van der Waals surface area contributed by atoms with E-state index in [0.29, 0.717) is 12.2 Å². The van der Waals surface area contributed by atoms with Crippen molar-refractivity contribution in [2.75, 3.05) is 11.9 Å². The number of rotatable bonds is 5. The maximum absolute atomic E-state index is 11.5. The molecule has 1 amide bonds. The Morgan fingerprint density at radius 3 is 2.93 bits per heavy atom. The van der Waals surface area contributed by atoms with Gasteiger partial charge < -0.3 is 10.6 Å². The first-order valence-corrected chi connectivity index (χ1v) is 5.14. The van der Waals surface area contributed by atoms with Gasteiger partial charge in [-0.2, -0.15) is 5.10 Å². The van der Waals surface area contributed by atoms with Crippen molar-refractivity contribution in [1.82, 2.24) is 15.1 Å². The molecule has 1 aromatic heterocycles. The van der Waals surface area contributed by atoms with E-state index >= 15 is 0 Å². The highest BCUT2D eigenvalue weighted by molar-refractivity contribution is 5.90. The van der Waals surface area contributed by atoms with Crippen LogP contribution in [0.1, 0.15) is 20.3 Å². The molecule has 84 valence electrons. The number of carbonyl (C=O) groups is 1. The zero-order valence-electron chi connectivity index (χ0n) is 9.45. The predicted octanol–water partition coefficient (Wildman–Crippen LogP) is 0.747. The second-order valence-electron chi connectivity index (χ2n) is 3.59. The van der Waals surface area contributed by atoms with Crippen molar-refractivity contribution in [3.05, 3.63) is 12.3 Å². The lowest BCUT2D eigenvalue weighted by Crippen LogP contribution is -2.30. The third-order valence-electron chi connectivity index (χ3n) is 2.03. The predicted molar refractivity (Wildman–Crippen MR) is 59.6 cm³/mol. The molecular formula is C10H18N4O. The molecule has 0 fully saturated rings. The Hall–Kier alpha value is -1.36. The van der Waals surface area contributed by atoms with E-state index in [9.17, 15) is 4.79 Å². The van der Waals surface area contributed by atoms with Gasteiger partial charge in [0.25, 0.3) is 0 Å². The van der Waals surface area contributed by atoms with Crippen molar-refractivity contribution < 1.29 is 4.79 Å². The molecule has 0 saturated carbocycles. The van der Waals surface area contributed by atoms with E-state index in [0.717, 1.165) is 6.54 Å². The highest BCUT2D eigenvalue weighted by atomic mass is 16.1. The van der Waals surface area contributed by atoms with Gasteiger partial charge >= 0.3 is 0 Å². The average molecular weight is 210 g/mol. The minimum Gasteiger partial charge on any atom is -0.314 e. The van der Waals surface area contributed by atoms with Gasteiger partial charge in [-0.15, -0.1) is 0 Å². The highest BCUT2D eigenvalue weighted by Gasteiger charge is 2.08. The largest absolute Gasteiger partial charge is 0.314 e. The lowest BCUT2D eigenvalue weighted by atomic mass is 10.2. The molecule has 0 aromatic carbocycles. The summed E-state index contributed by atoms with van der Waals surface area (Å²) < 4.78 is 1.66. The maximum Gasteiger partial charge on any atom is 0.227 e. The molecule has 1 aromatic rings. The van der Waals surface area contributed by atoms with Gasteiger partial charge in [0, 0.05) is 31.8 Å². The van der Waals surface area contributed by atoms with E-state index in [-0.39, 0.29) is 11.9 Å². The fraction of sp³-hybridized carbons (Fsp3) is 0.600. The summed E-state index contributed by atoms with van der Waals surface area (Å²) in [7, 11) is 1.82. The molecule has 0 aliphatic heterocycles. The number of aromatic nitrogens is 2. The van der Waals surface area contributed by atoms with Crippen LogP contribution >= 0.6 is 0 Å². The third kappa shape index (κ3) is 4.12. The van der Waals surface area contributed by atoms with Crippen LogP contribution in [0.25, 0.3) is 0 Å². The van der Waals surface area contributed by atoms with Gasteiger partial charge in [0.1, 0.15) is 0 Å². The number of hydrogen-bond donors (Lipinski definition) is 2. The lowest BCUT2D eigenvalue weighted by Gasteiger charge is -2.10. The number of nitrogens with one attached hydrogen (secondary N) is 2. The molecule has 5 heteroatoms. The average Bonchev–Trinajstić information content (AvgIpc) is 2.51. The first-order chi connectivity index (χ1) is 7.11. The summed E-state index contributed by atoms with van der Waals surface area (Å²) in [6.07, 6.45) is 2.26. The molecule has 5 nitrogen and oxygen atoms in total. The molecular weight excluding hydrogens is 192 g/mol. The molecule has 0 saturated heterocycles. The van der Waals surface area contributed by atoms with Crippen LogP contribution in [0.2, 0.25) is 0 Å². The lowest BCUT2D eigenvalue weighted by molar-refractivity contribution is -0.116. The summed E-state index contributed by atoms with van der Waals surface area (Å²) in [5.41, 5.74) is 0. The van der Waals surface area contributed by atoms with Crippen molar-refractivity contribution in [1.29, 1.82) is 0 Å². The monoisotopic (exact) mass is 210 g/mol. The third-order valence-corrected chi connectivity index (χ3v) is 2.03. The molecule has 2 N–H and O–H groups in total. The second kappa shape index (κ2) is 5.50. The minimum atomic E-state index is -0.0119. The van der Waals surface area contributed by atoms with E-state index < -0.39 is 0 Å². The Balaban J connectivity index is 2.36. The van der Waals surface area contributed by atoms with Crippen LogP contribution in [0, 0.1) is 0 Å². The van der Waals surface area contributed by atoms with Crippen LogP contribution in [-0.4, -0.2) is 28.3 Å². The summed E-state index contributed by atoms with van der Waals surface area (Å²) in [6, 6.07) is 1.97. The number of aryl methyl sites for hydroxylation is 1. The summed E-state index contributed by atoms with van der Waals surface area (Å²) in [4.78, 5) is 11.5. The van der Waals surface area contributed by atoms with Gasteiger partial charge in [0.05, 0.1) is 0 Å². The SMILES string of the molecule is CCNC(C)CC(=O)Nc1ccn(C)n1. The summed E-state index contributed by atoms with van der Waals surface area (Å²) in [5.74, 6) is 0.591. The van der Waals surface area contributed by atoms with Crippen molar-refractivity contribution in [2.45, 2.75) is 26.3 Å². The van der Waals surface area contributed by atoms with E-state index in [2.05, 4.69) is 15.7 Å². The Labute approximate surface area is 89.9 Å². The molecule has 0 radical (unpaired) electrons. The Morgan fingerprint density at radius 1 is 1.67 bits per heavy atom. The zero-order valence-corrected chi connectivity index (χ0v) is 9.45. The Kier molecular flexibility index (Phi) is 4.30. The second-order valence-corrected chi connectivity index (χ2v) is 3.59. The number of anilines is 1. The number of nitrogens with zero attached hydrogens (tertiary/aromatic N) is 2. The van der Waals surface area contributed by atoms with E-state index in [1.165, 1.54) is 0 Å². The molecule has 0 spiro atoms. The van der Waals surface area contributed by atoms with Crippen LogP contribution in [-0.2, 0) is 11.8 Å². The van der Waals surface area contributed by atoms with Crippen LogP contribution in [0.4, 0.5) is 5.82 Å². The first kappa shape index (κ1) is 11.7. The Morgan fingerprint density at radius 2 is 2.40 bits per heavy atom. The van der Waals surface area contributed by atoms with Crippen LogP contribution in [0.15, 0.2) is 12.3 Å². The molecule has 0 aliphatic rings. The van der Waals surface area contributed by atoms with Gasteiger partial charge in [0.15, 0.2) is 5.82 Å². The van der Waals surface area contributed by atoms with Gasteiger partial charge in [0.2, 0.25) is 5.91 Å². The van der Waals surface area contributed by atoms with E-state index in [4.69, 9.17) is 0 Å². The summed E-state index contributed by atoms with van der Waals surface area (Å²) in [6.45, 7) is 4.88.